The number of thioether (sulfide) groups is 1. The fourth-order valence-corrected chi connectivity index (χ4v) is 2.90. The van der Waals surface area contributed by atoms with Crippen molar-refractivity contribution in [3.05, 3.63) is 28.7 Å². The van der Waals surface area contributed by atoms with E-state index in [9.17, 15) is 0 Å². The minimum Gasteiger partial charge on any atom is -0.316 e. The number of hydrogen-bond donors (Lipinski definition) is 1. The van der Waals surface area contributed by atoms with Crippen LogP contribution >= 0.6 is 23.1 Å². The fourth-order valence-electron chi connectivity index (χ4n) is 1.41. The summed E-state index contributed by atoms with van der Waals surface area (Å²) in [7, 11) is 1.96. The molecule has 0 aromatic carbocycles. The first-order valence-electron chi connectivity index (χ1n) is 5.56. The molecular weight excluding hydrogens is 252 g/mol. The molecule has 2 aromatic heterocycles. The number of nitrogens with one attached hydrogen (secondary N) is 1. The monoisotopic (exact) mass is 268 g/mol. The van der Waals surface area contributed by atoms with Gasteiger partial charge in [0.25, 0.3) is 0 Å². The van der Waals surface area contributed by atoms with Crippen LogP contribution in [0.4, 0.5) is 0 Å². The summed E-state index contributed by atoms with van der Waals surface area (Å²) in [6.07, 6.45) is 2.85. The van der Waals surface area contributed by atoms with Gasteiger partial charge < -0.3 is 9.88 Å². The van der Waals surface area contributed by atoms with Gasteiger partial charge in [0.2, 0.25) is 0 Å². The molecule has 2 aromatic rings. The van der Waals surface area contributed by atoms with Crippen molar-refractivity contribution < 1.29 is 0 Å². The Hall–Kier alpha value is -0.850. The zero-order valence-corrected chi connectivity index (χ0v) is 11.4. The first-order chi connectivity index (χ1) is 8.36. The number of rotatable bonds is 7. The van der Waals surface area contributed by atoms with Crippen molar-refractivity contribution in [3.8, 4) is 0 Å². The largest absolute Gasteiger partial charge is 0.316 e. The molecule has 0 fully saturated rings. The van der Waals surface area contributed by atoms with E-state index in [0.717, 1.165) is 30.4 Å². The molecule has 4 nitrogen and oxygen atoms in total. The molecule has 0 spiro atoms. The van der Waals surface area contributed by atoms with Gasteiger partial charge in [-0.2, -0.15) is 0 Å². The van der Waals surface area contributed by atoms with Gasteiger partial charge in [-0.1, -0.05) is 17.8 Å². The molecule has 0 aliphatic heterocycles. The van der Waals surface area contributed by atoms with E-state index in [4.69, 9.17) is 0 Å². The van der Waals surface area contributed by atoms with Crippen LogP contribution in [0.1, 0.15) is 4.88 Å². The molecule has 0 atom stereocenters. The Morgan fingerprint density at radius 3 is 3.12 bits per heavy atom. The van der Waals surface area contributed by atoms with Gasteiger partial charge in [-0.05, 0) is 24.4 Å². The van der Waals surface area contributed by atoms with Gasteiger partial charge in [0.1, 0.15) is 6.33 Å². The highest BCUT2D eigenvalue weighted by Gasteiger charge is 2.00. The SMILES string of the molecule is Cn1cnnc1SCCNCCc1cccs1. The zero-order valence-electron chi connectivity index (χ0n) is 9.80. The van der Waals surface area contributed by atoms with E-state index in [1.807, 2.05) is 23.0 Å². The third-order valence-corrected chi connectivity index (χ3v) is 4.28. The molecule has 0 aliphatic rings. The molecule has 0 saturated heterocycles. The van der Waals surface area contributed by atoms with Crippen molar-refractivity contribution >= 4 is 23.1 Å². The Morgan fingerprint density at radius 1 is 1.47 bits per heavy atom. The Morgan fingerprint density at radius 2 is 2.41 bits per heavy atom. The topological polar surface area (TPSA) is 42.7 Å². The van der Waals surface area contributed by atoms with Crippen LogP contribution in [-0.4, -0.2) is 33.6 Å². The molecule has 0 unspecified atom stereocenters. The minimum absolute atomic E-state index is 0.977. The van der Waals surface area contributed by atoms with Crippen LogP contribution < -0.4 is 5.32 Å². The van der Waals surface area contributed by atoms with Crippen LogP contribution in [0.3, 0.4) is 0 Å². The molecule has 0 saturated carbocycles. The lowest BCUT2D eigenvalue weighted by Crippen LogP contribution is -2.19. The first kappa shape index (κ1) is 12.6. The van der Waals surface area contributed by atoms with Crippen molar-refractivity contribution in [1.82, 2.24) is 20.1 Å². The van der Waals surface area contributed by atoms with E-state index in [-0.39, 0.29) is 0 Å². The van der Waals surface area contributed by atoms with E-state index in [1.54, 1.807) is 18.1 Å². The number of aryl methyl sites for hydroxylation is 1. The lowest BCUT2D eigenvalue weighted by Gasteiger charge is -2.03. The second-order valence-electron chi connectivity index (χ2n) is 3.65. The highest BCUT2D eigenvalue weighted by molar-refractivity contribution is 7.99. The first-order valence-corrected chi connectivity index (χ1v) is 7.42. The van der Waals surface area contributed by atoms with Crippen molar-refractivity contribution in [2.75, 3.05) is 18.8 Å². The second-order valence-corrected chi connectivity index (χ2v) is 5.75. The number of nitrogens with zero attached hydrogens (tertiary/aromatic N) is 3. The average Bonchev–Trinajstić information content (AvgIpc) is 2.95. The minimum atomic E-state index is 0.977. The highest BCUT2D eigenvalue weighted by Crippen LogP contribution is 2.12. The molecule has 1 N–H and O–H groups in total. The Bertz CT molecular complexity index is 424. The van der Waals surface area contributed by atoms with Gasteiger partial charge in [0, 0.05) is 24.2 Å². The van der Waals surface area contributed by atoms with Gasteiger partial charge in [-0.25, -0.2) is 0 Å². The van der Waals surface area contributed by atoms with Crippen molar-refractivity contribution in [1.29, 1.82) is 0 Å². The molecule has 0 radical (unpaired) electrons. The maximum absolute atomic E-state index is 4.02. The van der Waals surface area contributed by atoms with Gasteiger partial charge >= 0.3 is 0 Å². The second kappa shape index (κ2) is 6.78. The van der Waals surface area contributed by atoms with Crippen molar-refractivity contribution in [2.45, 2.75) is 11.6 Å². The predicted octanol–water partition coefficient (Wildman–Crippen LogP) is 1.80. The third kappa shape index (κ3) is 4.14. The lowest BCUT2D eigenvalue weighted by molar-refractivity contribution is 0.723. The number of hydrogen-bond acceptors (Lipinski definition) is 5. The van der Waals surface area contributed by atoms with Gasteiger partial charge in [0.05, 0.1) is 0 Å². The normalized spacial score (nSPS) is 10.9. The maximum Gasteiger partial charge on any atom is 0.190 e. The molecule has 0 bridgehead atoms. The fraction of sp³-hybridized carbons (Fsp3) is 0.455. The molecule has 0 amide bonds. The summed E-state index contributed by atoms with van der Waals surface area (Å²) >= 11 is 3.55. The Labute approximate surface area is 109 Å². The van der Waals surface area contributed by atoms with Crippen LogP contribution in [0.15, 0.2) is 29.0 Å². The average molecular weight is 268 g/mol. The van der Waals surface area contributed by atoms with E-state index in [2.05, 4.69) is 33.0 Å². The smallest absolute Gasteiger partial charge is 0.190 e. The molecule has 2 heterocycles. The highest BCUT2D eigenvalue weighted by atomic mass is 32.2. The van der Waals surface area contributed by atoms with Crippen molar-refractivity contribution in [3.63, 3.8) is 0 Å². The summed E-state index contributed by atoms with van der Waals surface area (Å²) in [6, 6.07) is 4.28. The zero-order chi connectivity index (χ0) is 11.9. The van der Waals surface area contributed by atoms with Crippen LogP contribution in [0.2, 0.25) is 0 Å². The van der Waals surface area contributed by atoms with E-state index < -0.39 is 0 Å². The van der Waals surface area contributed by atoms with Gasteiger partial charge in [-0.15, -0.1) is 21.5 Å². The Balaban J connectivity index is 1.54. The third-order valence-electron chi connectivity index (χ3n) is 2.31. The Kier molecular flexibility index (Phi) is 5.03. The summed E-state index contributed by atoms with van der Waals surface area (Å²) < 4.78 is 1.94. The summed E-state index contributed by atoms with van der Waals surface area (Å²) in [6.45, 7) is 2.04. The maximum atomic E-state index is 4.02. The quantitative estimate of drug-likeness (QED) is 0.614. The molecule has 17 heavy (non-hydrogen) atoms. The van der Waals surface area contributed by atoms with E-state index in [1.165, 1.54) is 4.88 Å². The van der Waals surface area contributed by atoms with Gasteiger partial charge in [-0.3, -0.25) is 0 Å². The predicted molar refractivity (Wildman–Crippen MR) is 72.6 cm³/mol. The van der Waals surface area contributed by atoms with E-state index >= 15 is 0 Å². The molecular formula is C11H16N4S2. The van der Waals surface area contributed by atoms with Gasteiger partial charge in [0.15, 0.2) is 5.16 Å². The molecule has 0 aliphatic carbocycles. The lowest BCUT2D eigenvalue weighted by atomic mass is 10.3. The molecule has 2 rings (SSSR count). The standard InChI is InChI=1S/C11H16N4S2/c1-15-9-13-14-11(15)17-8-6-12-5-4-10-3-2-7-16-10/h2-3,7,9,12H,4-6,8H2,1H3. The summed E-state index contributed by atoms with van der Waals surface area (Å²) in [5.41, 5.74) is 0. The van der Waals surface area contributed by atoms with Crippen LogP contribution in [0, 0.1) is 0 Å². The summed E-state index contributed by atoms with van der Waals surface area (Å²) in [5.74, 6) is 1.02. The van der Waals surface area contributed by atoms with Crippen LogP contribution in [-0.2, 0) is 13.5 Å². The van der Waals surface area contributed by atoms with E-state index in [0.29, 0.717) is 0 Å². The molecule has 92 valence electrons. The molecule has 6 heteroatoms. The number of aromatic nitrogens is 3. The number of thiophene rings is 1. The van der Waals surface area contributed by atoms with Crippen molar-refractivity contribution in [2.24, 2.45) is 7.05 Å². The van der Waals surface area contributed by atoms with Crippen LogP contribution in [0.5, 0.6) is 0 Å². The summed E-state index contributed by atoms with van der Waals surface area (Å²) in [4.78, 5) is 1.44. The summed E-state index contributed by atoms with van der Waals surface area (Å²) in [5, 5.41) is 14.4. The van der Waals surface area contributed by atoms with Crippen LogP contribution in [0.25, 0.3) is 0 Å².